The predicted octanol–water partition coefficient (Wildman–Crippen LogP) is 2.73. The number of benzene rings is 1. The fraction of sp³-hybridized carbons (Fsp3) is 0.632. The summed E-state index contributed by atoms with van der Waals surface area (Å²) in [4.78, 5) is 14.3. The molecule has 2 fully saturated rings. The number of nitrogens with zero attached hydrogens (tertiary/aromatic N) is 2. The topological polar surface area (TPSA) is 84.2 Å². The van der Waals surface area contributed by atoms with Gasteiger partial charge in [0.1, 0.15) is 6.23 Å². The van der Waals surface area contributed by atoms with E-state index in [-0.39, 0.29) is 6.42 Å². The first-order valence-electron chi connectivity index (χ1n) is 9.24. The van der Waals surface area contributed by atoms with Crippen LogP contribution in [0, 0.1) is 0 Å². The van der Waals surface area contributed by atoms with Crippen LogP contribution in [0.5, 0.6) is 0 Å². The van der Waals surface area contributed by atoms with Crippen LogP contribution in [0.25, 0.3) is 0 Å². The number of aliphatic hydroxyl groups is 2. The maximum Gasteiger partial charge on any atom is 0.407 e. The Labute approximate surface area is 159 Å². The highest BCUT2D eigenvalue weighted by atomic mass is 35.5. The van der Waals surface area contributed by atoms with Crippen LogP contribution in [-0.2, 0) is 0 Å². The highest BCUT2D eigenvalue weighted by molar-refractivity contribution is 6.30. The molecular weight excluding hydrogens is 356 g/mol. The van der Waals surface area contributed by atoms with Crippen LogP contribution in [0.15, 0.2) is 24.3 Å². The normalized spacial score (nSPS) is 23.0. The smallest absolute Gasteiger partial charge is 0.407 e. The fourth-order valence-electron chi connectivity index (χ4n) is 4.05. The number of likely N-dealkylation sites (tertiary alicyclic amines) is 2. The van der Waals surface area contributed by atoms with Gasteiger partial charge in [-0.3, -0.25) is 4.90 Å². The molecule has 3 rings (SSSR count). The Kier molecular flexibility index (Phi) is 6.07. The van der Waals surface area contributed by atoms with E-state index in [0.717, 1.165) is 31.0 Å². The summed E-state index contributed by atoms with van der Waals surface area (Å²) >= 11 is 5.95. The first kappa shape index (κ1) is 19.4. The summed E-state index contributed by atoms with van der Waals surface area (Å²) in [6.07, 6.45) is 1.30. The van der Waals surface area contributed by atoms with Crippen molar-refractivity contribution in [2.75, 3.05) is 26.2 Å². The molecule has 1 aromatic rings. The molecule has 0 aliphatic carbocycles. The van der Waals surface area contributed by atoms with Crippen LogP contribution in [0.3, 0.4) is 0 Å². The van der Waals surface area contributed by atoms with E-state index in [2.05, 4.69) is 12.1 Å². The van der Waals surface area contributed by atoms with Gasteiger partial charge in [0.05, 0.1) is 5.60 Å². The van der Waals surface area contributed by atoms with Gasteiger partial charge in [0.15, 0.2) is 0 Å². The molecule has 0 radical (unpaired) electrons. The van der Waals surface area contributed by atoms with Gasteiger partial charge in [-0.1, -0.05) is 23.7 Å². The lowest BCUT2D eigenvalue weighted by Crippen LogP contribution is -2.51. The highest BCUT2D eigenvalue weighted by Crippen LogP contribution is 2.32. The molecule has 1 amide bonds. The van der Waals surface area contributed by atoms with Crippen LogP contribution in [0.2, 0.25) is 5.02 Å². The summed E-state index contributed by atoms with van der Waals surface area (Å²) in [6.45, 7) is 2.20. The summed E-state index contributed by atoms with van der Waals surface area (Å²) < 4.78 is 0. The number of rotatable bonds is 4. The van der Waals surface area contributed by atoms with Gasteiger partial charge < -0.3 is 20.2 Å². The molecule has 1 unspecified atom stereocenters. The average molecular weight is 383 g/mol. The quantitative estimate of drug-likeness (QED) is 0.745. The zero-order chi connectivity index (χ0) is 18.7. The Bertz CT molecular complexity index is 608. The number of hydrogen-bond donors (Lipinski definition) is 3. The summed E-state index contributed by atoms with van der Waals surface area (Å²) in [5.74, 6) is 0.470. The minimum Gasteiger partial charge on any atom is -0.465 e. The molecule has 2 aliphatic rings. The molecule has 0 saturated carbocycles. The van der Waals surface area contributed by atoms with E-state index in [9.17, 15) is 15.0 Å². The van der Waals surface area contributed by atoms with Gasteiger partial charge in [-0.15, -0.1) is 0 Å². The maximum absolute atomic E-state index is 11.0. The molecule has 2 heterocycles. The molecule has 0 aromatic heterocycles. The van der Waals surface area contributed by atoms with Crippen LogP contribution in [0.1, 0.15) is 43.6 Å². The van der Waals surface area contributed by atoms with Crippen molar-refractivity contribution in [3.63, 3.8) is 0 Å². The summed E-state index contributed by atoms with van der Waals surface area (Å²) in [6, 6.07) is 7.96. The Hall–Kier alpha value is -1.34. The van der Waals surface area contributed by atoms with Gasteiger partial charge in [0.25, 0.3) is 0 Å². The molecule has 1 aromatic carbocycles. The van der Waals surface area contributed by atoms with Gasteiger partial charge in [0.2, 0.25) is 0 Å². The number of amides is 1. The first-order chi connectivity index (χ1) is 12.4. The van der Waals surface area contributed by atoms with Crippen LogP contribution < -0.4 is 0 Å². The molecule has 6 nitrogen and oxygen atoms in total. The third kappa shape index (κ3) is 4.68. The Morgan fingerprint density at radius 1 is 1.15 bits per heavy atom. The molecule has 7 heteroatoms. The molecule has 1 atom stereocenters. The van der Waals surface area contributed by atoms with E-state index in [4.69, 9.17) is 16.7 Å². The highest BCUT2D eigenvalue weighted by Gasteiger charge is 2.37. The van der Waals surface area contributed by atoms with Crippen LogP contribution in [0.4, 0.5) is 4.79 Å². The summed E-state index contributed by atoms with van der Waals surface area (Å²) in [5.41, 5.74) is 0.293. The molecule has 3 N–H and O–H groups in total. The van der Waals surface area contributed by atoms with Gasteiger partial charge in [-0.25, -0.2) is 4.79 Å². The van der Waals surface area contributed by atoms with Gasteiger partial charge in [-0.05, 0) is 49.3 Å². The van der Waals surface area contributed by atoms with Crippen molar-refractivity contribution < 1.29 is 20.1 Å². The van der Waals surface area contributed by atoms with Crippen LogP contribution >= 0.6 is 11.6 Å². The molecule has 2 aliphatic heterocycles. The number of halogens is 1. The lowest BCUT2D eigenvalue weighted by Gasteiger charge is -2.41. The molecular formula is C19H27ClN2O4. The molecule has 0 spiro atoms. The Balaban J connectivity index is 1.48. The van der Waals surface area contributed by atoms with Gasteiger partial charge in [0, 0.05) is 37.6 Å². The van der Waals surface area contributed by atoms with Gasteiger partial charge in [-0.2, -0.15) is 0 Å². The average Bonchev–Trinajstić information content (AvgIpc) is 2.62. The molecule has 0 bridgehead atoms. The second kappa shape index (κ2) is 8.13. The van der Waals surface area contributed by atoms with Crippen molar-refractivity contribution in [1.29, 1.82) is 0 Å². The standard InChI is InChI=1S/C19H27ClN2O4/c20-16-3-1-14(2-4-16)15-5-9-21(10-6-15)17(23)13-19(26)7-11-22(12-8-19)18(24)25/h1-4,15,17,23,26H,5-13H2,(H,24,25). The number of carbonyl (C=O) groups is 1. The number of piperidine rings is 2. The van der Waals surface area contributed by atoms with Crippen molar-refractivity contribution >= 4 is 17.7 Å². The van der Waals surface area contributed by atoms with E-state index in [1.807, 2.05) is 17.0 Å². The monoisotopic (exact) mass is 382 g/mol. The zero-order valence-electron chi connectivity index (χ0n) is 14.9. The van der Waals surface area contributed by atoms with E-state index in [0.29, 0.717) is 31.8 Å². The summed E-state index contributed by atoms with van der Waals surface area (Å²) in [5, 5.41) is 31.0. The van der Waals surface area contributed by atoms with Crippen molar-refractivity contribution in [2.45, 2.75) is 49.9 Å². The zero-order valence-corrected chi connectivity index (χ0v) is 15.6. The molecule has 2 saturated heterocycles. The lowest BCUT2D eigenvalue weighted by molar-refractivity contribution is -0.0972. The molecule has 26 heavy (non-hydrogen) atoms. The maximum atomic E-state index is 11.0. The van der Waals surface area contributed by atoms with E-state index < -0.39 is 17.9 Å². The van der Waals surface area contributed by atoms with Crippen molar-refractivity contribution in [3.05, 3.63) is 34.9 Å². The van der Waals surface area contributed by atoms with Crippen molar-refractivity contribution in [1.82, 2.24) is 9.80 Å². The minimum absolute atomic E-state index is 0.270. The third-order valence-electron chi connectivity index (χ3n) is 5.82. The number of hydrogen-bond acceptors (Lipinski definition) is 4. The number of carboxylic acid groups (broad SMARTS) is 1. The third-order valence-corrected chi connectivity index (χ3v) is 6.07. The second-order valence-corrected chi connectivity index (χ2v) is 7.98. The Morgan fingerprint density at radius 2 is 1.73 bits per heavy atom. The van der Waals surface area contributed by atoms with E-state index in [1.54, 1.807) is 0 Å². The van der Waals surface area contributed by atoms with E-state index >= 15 is 0 Å². The first-order valence-corrected chi connectivity index (χ1v) is 9.62. The fourth-order valence-corrected chi connectivity index (χ4v) is 4.18. The summed E-state index contributed by atoms with van der Waals surface area (Å²) in [7, 11) is 0. The van der Waals surface area contributed by atoms with Crippen LogP contribution in [-0.4, -0.2) is 69.2 Å². The van der Waals surface area contributed by atoms with E-state index in [1.165, 1.54) is 10.5 Å². The Morgan fingerprint density at radius 3 is 2.27 bits per heavy atom. The van der Waals surface area contributed by atoms with Crippen molar-refractivity contribution in [2.24, 2.45) is 0 Å². The lowest BCUT2D eigenvalue weighted by atomic mass is 9.86. The van der Waals surface area contributed by atoms with Gasteiger partial charge >= 0.3 is 6.09 Å². The van der Waals surface area contributed by atoms with Crippen molar-refractivity contribution in [3.8, 4) is 0 Å². The second-order valence-electron chi connectivity index (χ2n) is 7.54. The minimum atomic E-state index is -0.988. The SMILES string of the molecule is O=C(O)N1CCC(O)(CC(O)N2CCC(c3ccc(Cl)cc3)CC2)CC1. The predicted molar refractivity (Wildman–Crippen MR) is 99.4 cm³/mol. The largest absolute Gasteiger partial charge is 0.465 e. The molecule has 144 valence electrons. The number of aliphatic hydroxyl groups excluding tert-OH is 1.